The van der Waals surface area contributed by atoms with E-state index in [0.717, 1.165) is 67.9 Å². The molecule has 1 aromatic carbocycles. The van der Waals surface area contributed by atoms with E-state index in [1.54, 1.807) is 6.20 Å². The Balaban J connectivity index is 0.00000124. The third kappa shape index (κ3) is 7.01. The third-order valence-corrected chi connectivity index (χ3v) is 6.70. The van der Waals surface area contributed by atoms with Gasteiger partial charge in [-0.05, 0) is 57.0 Å². The second-order valence-electron chi connectivity index (χ2n) is 9.94. The first-order chi connectivity index (χ1) is 19.5. The summed E-state index contributed by atoms with van der Waals surface area (Å²) < 4.78 is 50.6. The van der Waals surface area contributed by atoms with Crippen LogP contribution in [0.2, 0.25) is 0 Å². The van der Waals surface area contributed by atoms with Crippen LogP contribution in [-0.2, 0) is 21.4 Å². The molecule has 11 nitrogen and oxygen atoms in total. The minimum absolute atomic E-state index is 0.0123. The lowest BCUT2D eigenvalue weighted by atomic mass is 9.89. The van der Waals surface area contributed by atoms with Crippen molar-refractivity contribution in [2.75, 3.05) is 18.4 Å². The molecule has 3 aromatic heterocycles. The number of anilines is 1. The highest BCUT2D eigenvalue weighted by molar-refractivity contribution is 5.91. The van der Waals surface area contributed by atoms with Crippen molar-refractivity contribution in [2.24, 2.45) is 0 Å². The maximum Gasteiger partial charge on any atom is 0.401 e. The lowest BCUT2D eigenvalue weighted by Crippen LogP contribution is -2.35. The van der Waals surface area contributed by atoms with Gasteiger partial charge in [0.1, 0.15) is 11.5 Å². The number of carboxylic acid groups (broad SMARTS) is 1. The molecule has 41 heavy (non-hydrogen) atoms. The molecule has 5 rings (SSSR count). The number of rotatable bonds is 7. The number of nitrogens with one attached hydrogen (secondary N) is 3. The fourth-order valence-electron chi connectivity index (χ4n) is 4.16. The first-order valence-corrected chi connectivity index (χ1v) is 12.7. The van der Waals surface area contributed by atoms with E-state index >= 15 is 0 Å². The average molecular weight is 575 g/mol. The second-order valence-corrected chi connectivity index (χ2v) is 9.94. The van der Waals surface area contributed by atoms with Gasteiger partial charge < -0.3 is 25.0 Å². The first-order valence-electron chi connectivity index (χ1n) is 12.7. The van der Waals surface area contributed by atoms with E-state index in [0.29, 0.717) is 11.5 Å². The average Bonchev–Trinajstić information content (AvgIpc) is 3.57. The molecule has 14 heteroatoms. The molecular formula is C27H29F3N6O5. The molecule has 1 aliphatic rings. The SMILES string of the molecule is CC(C)(c1cc(NC(=O)Cc2ccc(-c3cnc4[nH]nc(OC5CCNCC5)c4c3)cc2)no1)C(F)(F)F.O=CO. The molecular weight excluding hydrogens is 545 g/mol. The number of alkyl halides is 3. The van der Waals surface area contributed by atoms with Gasteiger partial charge in [-0.15, -0.1) is 5.10 Å². The Bertz CT molecular complexity index is 1480. The van der Waals surface area contributed by atoms with Gasteiger partial charge in [-0.3, -0.25) is 14.7 Å². The highest BCUT2D eigenvalue weighted by Gasteiger charge is 2.51. The maximum atomic E-state index is 13.2. The minimum atomic E-state index is -4.52. The summed E-state index contributed by atoms with van der Waals surface area (Å²) in [7, 11) is 0. The van der Waals surface area contributed by atoms with Crippen LogP contribution in [0.3, 0.4) is 0 Å². The summed E-state index contributed by atoms with van der Waals surface area (Å²) in [5.74, 6) is -0.342. The number of fused-ring (bicyclic) bond motifs is 1. The lowest BCUT2D eigenvalue weighted by molar-refractivity contribution is -0.185. The van der Waals surface area contributed by atoms with Gasteiger partial charge in [0.15, 0.2) is 17.2 Å². The number of aromatic nitrogens is 4. The number of carbonyl (C=O) groups is 2. The van der Waals surface area contributed by atoms with E-state index in [9.17, 15) is 18.0 Å². The summed E-state index contributed by atoms with van der Waals surface area (Å²) in [5, 5.41) is 24.2. The molecule has 1 aliphatic heterocycles. The first kappa shape index (κ1) is 29.5. The quantitative estimate of drug-likeness (QED) is 0.234. The van der Waals surface area contributed by atoms with Crippen LogP contribution in [0.4, 0.5) is 19.0 Å². The summed E-state index contributed by atoms with van der Waals surface area (Å²) in [6, 6.07) is 10.4. The maximum absolute atomic E-state index is 13.2. The van der Waals surface area contributed by atoms with Crippen LogP contribution in [0.25, 0.3) is 22.2 Å². The second kappa shape index (κ2) is 12.4. The fraction of sp³-hybridized carbons (Fsp3) is 0.370. The number of ether oxygens (including phenoxy) is 1. The van der Waals surface area contributed by atoms with Crippen molar-refractivity contribution in [2.45, 2.75) is 50.8 Å². The predicted molar refractivity (Wildman–Crippen MR) is 142 cm³/mol. The zero-order valence-corrected chi connectivity index (χ0v) is 22.3. The molecule has 0 atom stereocenters. The summed E-state index contributed by atoms with van der Waals surface area (Å²) >= 11 is 0. The van der Waals surface area contributed by atoms with Gasteiger partial charge in [-0.1, -0.05) is 29.4 Å². The van der Waals surface area contributed by atoms with E-state index < -0.39 is 17.5 Å². The molecule has 1 fully saturated rings. The Morgan fingerprint density at radius 1 is 1.17 bits per heavy atom. The Kier molecular flexibility index (Phi) is 8.91. The number of nitrogens with zero attached hydrogens (tertiary/aromatic N) is 3. The van der Waals surface area contributed by atoms with E-state index in [2.05, 4.69) is 31.0 Å². The van der Waals surface area contributed by atoms with Crippen LogP contribution in [0.15, 0.2) is 47.1 Å². The topological polar surface area (TPSA) is 155 Å². The number of benzene rings is 1. The molecule has 0 aliphatic carbocycles. The van der Waals surface area contributed by atoms with Crippen molar-refractivity contribution in [3.63, 3.8) is 0 Å². The number of piperidine rings is 1. The number of H-pyrrole nitrogens is 1. The van der Waals surface area contributed by atoms with Crippen LogP contribution in [0.5, 0.6) is 5.88 Å². The Morgan fingerprint density at radius 2 is 1.85 bits per heavy atom. The van der Waals surface area contributed by atoms with Gasteiger partial charge >= 0.3 is 6.18 Å². The standard InChI is InChI=1S/C26H27F3N6O3.CH2O2/c1-25(2,26(27,28)29)20-13-21(35-38-20)32-22(36)11-15-3-5-16(6-4-15)17-12-19-23(31-14-17)33-34-24(19)37-18-7-9-30-10-8-18;2-1-3/h3-6,12-14,18,30H,7-11H2,1-2H3,(H,31,33,34)(H,32,35,36);1H,(H,2,3). The van der Waals surface area contributed by atoms with Gasteiger partial charge in [0.2, 0.25) is 11.8 Å². The molecule has 0 spiro atoms. The van der Waals surface area contributed by atoms with Crippen LogP contribution >= 0.6 is 0 Å². The molecule has 0 saturated carbocycles. The highest BCUT2D eigenvalue weighted by atomic mass is 19.4. The Morgan fingerprint density at radius 3 is 2.51 bits per heavy atom. The molecule has 0 bridgehead atoms. The number of halogens is 3. The molecule has 1 saturated heterocycles. The van der Waals surface area contributed by atoms with Crippen molar-refractivity contribution in [1.29, 1.82) is 0 Å². The highest BCUT2D eigenvalue weighted by Crippen LogP contribution is 2.41. The Hall–Kier alpha value is -4.46. The van der Waals surface area contributed by atoms with Crippen LogP contribution in [0.1, 0.15) is 38.0 Å². The van der Waals surface area contributed by atoms with Gasteiger partial charge in [0, 0.05) is 17.8 Å². The predicted octanol–water partition coefficient (Wildman–Crippen LogP) is 4.47. The zero-order chi connectivity index (χ0) is 29.6. The number of aromatic amines is 1. The molecule has 1 amide bonds. The lowest BCUT2D eigenvalue weighted by Gasteiger charge is -2.24. The van der Waals surface area contributed by atoms with Gasteiger partial charge in [0.05, 0.1) is 11.8 Å². The monoisotopic (exact) mass is 574 g/mol. The molecule has 4 aromatic rings. The molecule has 4 heterocycles. The van der Waals surface area contributed by atoms with E-state index in [1.165, 1.54) is 0 Å². The number of amides is 1. The summed E-state index contributed by atoms with van der Waals surface area (Å²) in [5.41, 5.74) is 0.895. The van der Waals surface area contributed by atoms with Crippen molar-refractivity contribution >= 4 is 29.2 Å². The van der Waals surface area contributed by atoms with Crippen LogP contribution in [-0.4, -0.2) is 63.2 Å². The molecule has 0 radical (unpaired) electrons. The number of carbonyl (C=O) groups excluding carboxylic acids is 1. The number of hydrogen-bond acceptors (Lipinski definition) is 8. The molecule has 4 N–H and O–H groups in total. The van der Waals surface area contributed by atoms with Crippen molar-refractivity contribution in [3.8, 4) is 17.0 Å². The fourth-order valence-corrected chi connectivity index (χ4v) is 4.16. The van der Waals surface area contributed by atoms with Gasteiger partial charge in [-0.25, -0.2) is 4.98 Å². The molecule has 0 unspecified atom stereocenters. The van der Waals surface area contributed by atoms with Crippen molar-refractivity contribution in [3.05, 3.63) is 53.9 Å². The van der Waals surface area contributed by atoms with Crippen LogP contribution < -0.4 is 15.4 Å². The summed E-state index contributed by atoms with van der Waals surface area (Å²) in [6.07, 6.45) is -0.828. The third-order valence-electron chi connectivity index (χ3n) is 6.70. The van der Waals surface area contributed by atoms with E-state index in [-0.39, 0.29) is 30.6 Å². The van der Waals surface area contributed by atoms with Crippen molar-refractivity contribution in [1.82, 2.24) is 25.7 Å². The number of pyridine rings is 1. The largest absolute Gasteiger partial charge is 0.483 e. The normalized spacial score (nSPS) is 14.3. The van der Waals surface area contributed by atoms with Gasteiger partial charge in [0.25, 0.3) is 6.47 Å². The Labute approximate surface area is 232 Å². The van der Waals surface area contributed by atoms with Gasteiger partial charge in [-0.2, -0.15) is 13.2 Å². The summed E-state index contributed by atoms with van der Waals surface area (Å²) in [4.78, 5) is 25.3. The smallest absolute Gasteiger partial charge is 0.401 e. The van der Waals surface area contributed by atoms with Crippen LogP contribution in [0, 0.1) is 0 Å². The molecule has 218 valence electrons. The zero-order valence-electron chi connectivity index (χ0n) is 22.3. The number of hydrogen-bond donors (Lipinski definition) is 4. The van der Waals surface area contributed by atoms with Crippen molar-refractivity contribution < 1.29 is 37.1 Å². The summed E-state index contributed by atoms with van der Waals surface area (Å²) in [6.45, 7) is 3.55. The minimum Gasteiger partial charge on any atom is -0.483 e. The van der Waals surface area contributed by atoms with E-state index in [4.69, 9.17) is 19.2 Å². The van der Waals surface area contributed by atoms with E-state index in [1.807, 2.05) is 30.3 Å².